The number of nitrogens with zero attached hydrogens (tertiary/aromatic N) is 4. The van der Waals surface area contributed by atoms with Gasteiger partial charge in [0.1, 0.15) is 5.82 Å². The van der Waals surface area contributed by atoms with Crippen LogP contribution in [0.2, 0.25) is 0 Å². The molecule has 0 atom stereocenters. The van der Waals surface area contributed by atoms with E-state index in [2.05, 4.69) is 11.2 Å². The quantitative estimate of drug-likeness (QED) is 0.671. The van der Waals surface area contributed by atoms with Gasteiger partial charge in [-0.2, -0.15) is 10.4 Å². The second-order valence-corrected chi connectivity index (χ2v) is 6.10. The van der Waals surface area contributed by atoms with Crippen molar-refractivity contribution < 1.29 is 9.59 Å². The van der Waals surface area contributed by atoms with Crippen LogP contribution < -0.4 is 4.90 Å². The van der Waals surface area contributed by atoms with E-state index >= 15 is 0 Å². The number of carbonyl (C=O) groups is 2. The number of fused-ring (bicyclic) bond motifs is 1. The Bertz CT molecular complexity index is 1070. The Morgan fingerprint density at radius 1 is 0.962 bits per heavy atom. The lowest BCUT2D eigenvalue weighted by molar-refractivity contribution is 0.0923. The Morgan fingerprint density at radius 3 is 2.08 bits per heavy atom. The zero-order chi connectivity index (χ0) is 18.4. The van der Waals surface area contributed by atoms with E-state index in [-0.39, 0.29) is 11.8 Å². The van der Waals surface area contributed by atoms with Gasteiger partial charge in [-0.3, -0.25) is 14.3 Å². The molecule has 0 unspecified atom stereocenters. The molecule has 6 heteroatoms. The molecule has 0 saturated heterocycles. The van der Waals surface area contributed by atoms with E-state index in [0.717, 1.165) is 11.1 Å². The van der Waals surface area contributed by atoms with Crippen molar-refractivity contribution in [1.82, 2.24) is 9.78 Å². The van der Waals surface area contributed by atoms with Gasteiger partial charge in [-0.15, -0.1) is 0 Å². The monoisotopic (exact) mass is 342 g/mol. The maximum absolute atomic E-state index is 12.8. The van der Waals surface area contributed by atoms with E-state index in [1.165, 1.54) is 4.90 Å². The van der Waals surface area contributed by atoms with Crippen LogP contribution in [0.15, 0.2) is 48.5 Å². The van der Waals surface area contributed by atoms with E-state index in [9.17, 15) is 9.59 Å². The zero-order valence-electron chi connectivity index (χ0n) is 14.2. The highest BCUT2D eigenvalue weighted by Crippen LogP contribution is 2.34. The summed E-state index contributed by atoms with van der Waals surface area (Å²) in [5.74, 6) is -0.235. The first-order chi connectivity index (χ1) is 12.5. The number of aromatic nitrogens is 2. The molecule has 4 rings (SSSR count). The molecule has 1 aliphatic heterocycles. The third-order valence-corrected chi connectivity index (χ3v) is 4.54. The number of hydrogen-bond acceptors (Lipinski definition) is 4. The fourth-order valence-electron chi connectivity index (χ4n) is 3.29. The number of rotatable bonds is 2. The van der Waals surface area contributed by atoms with E-state index < -0.39 is 0 Å². The predicted octanol–water partition coefficient (Wildman–Crippen LogP) is 3.07. The van der Waals surface area contributed by atoms with Crippen LogP contribution in [0.4, 0.5) is 5.82 Å². The van der Waals surface area contributed by atoms with Crippen LogP contribution in [0.5, 0.6) is 0 Å². The SMILES string of the molecule is Cc1c(-c2ccc(C#N)cc2)nn(C)c1N1C(=O)c2ccccc2C1=O. The van der Waals surface area contributed by atoms with Gasteiger partial charge in [0.15, 0.2) is 0 Å². The van der Waals surface area contributed by atoms with Crippen LogP contribution in [0.3, 0.4) is 0 Å². The van der Waals surface area contributed by atoms with Crippen LogP contribution in [0, 0.1) is 18.3 Å². The summed E-state index contributed by atoms with van der Waals surface area (Å²) in [6, 6.07) is 15.9. The molecule has 0 N–H and O–H groups in total. The van der Waals surface area contributed by atoms with E-state index in [1.807, 2.05) is 6.92 Å². The van der Waals surface area contributed by atoms with Crippen molar-refractivity contribution in [3.8, 4) is 17.3 Å². The van der Waals surface area contributed by atoms with E-state index in [1.54, 1.807) is 60.3 Å². The Labute approximate surface area is 149 Å². The Hall–Kier alpha value is -3.72. The fraction of sp³-hybridized carbons (Fsp3) is 0.100. The standard InChI is InChI=1S/C20H14N4O2/c1-12-17(14-9-7-13(11-21)8-10-14)22-23(2)18(12)24-19(25)15-5-3-4-6-16(15)20(24)26/h3-10H,1-2H3. The molecule has 26 heavy (non-hydrogen) atoms. The third kappa shape index (κ3) is 2.15. The van der Waals surface area contributed by atoms with Crippen molar-refractivity contribution in [3.63, 3.8) is 0 Å². The molecular weight excluding hydrogens is 328 g/mol. The van der Waals surface area contributed by atoms with Crippen molar-refractivity contribution in [2.45, 2.75) is 6.92 Å². The van der Waals surface area contributed by atoms with Gasteiger partial charge >= 0.3 is 0 Å². The van der Waals surface area contributed by atoms with Gasteiger partial charge in [-0.25, -0.2) is 4.90 Å². The molecule has 2 heterocycles. The summed E-state index contributed by atoms with van der Waals surface area (Å²) in [5, 5.41) is 13.4. The van der Waals surface area contributed by atoms with Crippen molar-refractivity contribution in [2.24, 2.45) is 7.05 Å². The number of aryl methyl sites for hydroxylation is 1. The molecule has 2 amide bonds. The first-order valence-electron chi connectivity index (χ1n) is 8.05. The Balaban J connectivity index is 1.82. The second-order valence-electron chi connectivity index (χ2n) is 6.10. The minimum atomic E-state index is -0.344. The molecule has 1 aliphatic rings. The van der Waals surface area contributed by atoms with Crippen molar-refractivity contribution >= 4 is 17.6 Å². The summed E-state index contributed by atoms with van der Waals surface area (Å²) in [7, 11) is 1.71. The van der Waals surface area contributed by atoms with Crippen molar-refractivity contribution in [1.29, 1.82) is 5.26 Å². The molecule has 6 nitrogen and oxygen atoms in total. The predicted molar refractivity (Wildman–Crippen MR) is 95.7 cm³/mol. The van der Waals surface area contributed by atoms with Gasteiger partial charge in [-0.1, -0.05) is 24.3 Å². The third-order valence-electron chi connectivity index (χ3n) is 4.54. The first kappa shape index (κ1) is 15.8. The van der Waals surface area contributed by atoms with Gasteiger partial charge in [0, 0.05) is 18.2 Å². The summed E-state index contributed by atoms with van der Waals surface area (Å²) >= 11 is 0. The molecule has 0 bridgehead atoms. The van der Waals surface area contributed by atoms with Gasteiger partial charge in [0.05, 0.1) is 28.5 Å². The number of nitriles is 1. The summed E-state index contributed by atoms with van der Waals surface area (Å²) in [5.41, 5.74) is 3.58. The number of imide groups is 1. The maximum Gasteiger partial charge on any atom is 0.267 e. The lowest BCUT2D eigenvalue weighted by Crippen LogP contribution is -2.31. The van der Waals surface area contributed by atoms with E-state index in [0.29, 0.717) is 28.2 Å². The molecule has 0 radical (unpaired) electrons. The molecular formula is C20H14N4O2. The van der Waals surface area contributed by atoms with Crippen molar-refractivity contribution in [2.75, 3.05) is 4.90 Å². The molecule has 2 aromatic carbocycles. The van der Waals surface area contributed by atoms with Crippen LogP contribution in [0.25, 0.3) is 11.3 Å². The van der Waals surface area contributed by atoms with Crippen LogP contribution >= 0.6 is 0 Å². The zero-order valence-corrected chi connectivity index (χ0v) is 14.2. The lowest BCUT2D eigenvalue weighted by atomic mass is 10.1. The minimum absolute atomic E-state index is 0.344. The molecule has 1 aromatic heterocycles. The first-order valence-corrected chi connectivity index (χ1v) is 8.05. The molecule has 0 saturated carbocycles. The van der Waals surface area contributed by atoms with E-state index in [4.69, 9.17) is 5.26 Å². The Morgan fingerprint density at radius 2 is 1.54 bits per heavy atom. The number of hydrogen-bond donors (Lipinski definition) is 0. The fourth-order valence-corrected chi connectivity index (χ4v) is 3.29. The normalized spacial score (nSPS) is 13.0. The van der Waals surface area contributed by atoms with Crippen LogP contribution in [0.1, 0.15) is 31.8 Å². The molecule has 3 aromatic rings. The molecule has 126 valence electrons. The number of anilines is 1. The van der Waals surface area contributed by atoms with Gasteiger partial charge < -0.3 is 0 Å². The topological polar surface area (TPSA) is 79.0 Å². The summed E-state index contributed by atoms with van der Waals surface area (Å²) in [6.45, 7) is 1.83. The minimum Gasteiger partial charge on any atom is -0.268 e. The summed E-state index contributed by atoms with van der Waals surface area (Å²) < 4.78 is 1.55. The summed E-state index contributed by atoms with van der Waals surface area (Å²) in [4.78, 5) is 26.7. The maximum atomic E-state index is 12.8. The van der Waals surface area contributed by atoms with Gasteiger partial charge in [-0.05, 0) is 31.2 Å². The smallest absolute Gasteiger partial charge is 0.267 e. The van der Waals surface area contributed by atoms with Crippen LogP contribution in [-0.2, 0) is 7.05 Å². The number of carbonyl (C=O) groups excluding carboxylic acids is 2. The number of benzene rings is 2. The molecule has 0 fully saturated rings. The van der Waals surface area contributed by atoms with Crippen molar-refractivity contribution in [3.05, 3.63) is 70.8 Å². The van der Waals surface area contributed by atoms with Gasteiger partial charge in [0.25, 0.3) is 11.8 Å². The Kier molecular flexibility index (Phi) is 3.44. The van der Waals surface area contributed by atoms with Gasteiger partial charge in [0.2, 0.25) is 0 Å². The molecule has 0 aliphatic carbocycles. The lowest BCUT2D eigenvalue weighted by Gasteiger charge is -2.15. The number of amides is 2. The molecule has 0 spiro atoms. The highest BCUT2D eigenvalue weighted by Gasteiger charge is 2.39. The second kappa shape index (κ2) is 5.67. The summed E-state index contributed by atoms with van der Waals surface area (Å²) in [6.07, 6.45) is 0. The van der Waals surface area contributed by atoms with Crippen LogP contribution in [-0.4, -0.2) is 21.6 Å². The highest BCUT2D eigenvalue weighted by atomic mass is 16.2. The average Bonchev–Trinajstić information content (AvgIpc) is 3.09. The highest BCUT2D eigenvalue weighted by molar-refractivity contribution is 6.34. The largest absolute Gasteiger partial charge is 0.268 e. The average molecular weight is 342 g/mol.